The Morgan fingerprint density at radius 3 is 1.13 bits per heavy atom. The summed E-state index contributed by atoms with van der Waals surface area (Å²) < 4.78 is 16.7. The van der Waals surface area contributed by atoms with Crippen molar-refractivity contribution in [2.45, 2.75) is 219 Å². The lowest BCUT2D eigenvalue weighted by atomic mass is 10.1. The van der Waals surface area contributed by atoms with Gasteiger partial charge >= 0.3 is 17.9 Å². The molecule has 0 fully saturated rings. The second-order valence-corrected chi connectivity index (χ2v) is 17.1. The van der Waals surface area contributed by atoms with E-state index in [0.29, 0.717) is 19.3 Å². The first kappa shape index (κ1) is 62.5. The Morgan fingerprint density at radius 1 is 0.328 bits per heavy atom. The fourth-order valence-corrected chi connectivity index (χ4v) is 6.79. The topological polar surface area (TPSA) is 78.9 Å². The summed E-state index contributed by atoms with van der Waals surface area (Å²) in [6, 6.07) is 0. The number of rotatable bonds is 46. The van der Waals surface area contributed by atoms with Crippen molar-refractivity contribution in [1.82, 2.24) is 0 Å². The molecule has 376 valence electrons. The predicted octanol–water partition coefficient (Wildman–Crippen LogP) is 17.9. The quantitative estimate of drug-likeness (QED) is 0.0199. The van der Waals surface area contributed by atoms with Crippen LogP contribution in [0.3, 0.4) is 0 Å². The molecule has 0 saturated carbocycles. The Kier molecular flexibility index (Phi) is 50.6. The first-order chi connectivity index (χ1) is 33.0. The maximum atomic E-state index is 12.8. The Hall–Kier alpha value is -4.45. The van der Waals surface area contributed by atoms with Crippen LogP contribution in [0.25, 0.3) is 0 Å². The summed E-state index contributed by atoms with van der Waals surface area (Å²) in [7, 11) is 0. The van der Waals surface area contributed by atoms with Gasteiger partial charge in [-0.15, -0.1) is 0 Å². The van der Waals surface area contributed by atoms with Gasteiger partial charge in [0.25, 0.3) is 0 Å². The van der Waals surface area contributed by atoms with Crippen LogP contribution in [0.4, 0.5) is 0 Å². The third kappa shape index (κ3) is 52.4. The standard InChI is InChI=1S/C61H96O6/c1-4-7-10-13-16-19-22-25-28-30-31-34-36-39-42-45-48-51-54-60(63)66-57-58(56-65-59(62)53-50-47-44-41-38-35-32-27-24-21-18-15-12-9-6-3)67-61(64)55-52-49-46-43-40-37-33-29-26-23-20-17-14-11-8-5-2/h8-9,11-12,15,17-18,20-21,24,26-32,34,37,40,46,49,58H,4-7,10,13-14,16,19,22-23,25,33,35-36,38-39,41-45,47-48,50-57H2,1-3H3/b11-8-,12-9-,18-15-,20-17-,24-21-,29-26-,30-28-,32-27-,34-31-,40-37-,49-46-. The molecule has 0 aliphatic rings. The van der Waals surface area contributed by atoms with Gasteiger partial charge in [-0.05, 0) is 96.3 Å². The zero-order chi connectivity index (χ0) is 48.6. The van der Waals surface area contributed by atoms with E-state index in [9.17, 15) is 14.4 Å². The van der Waals surface area contributed by atoms with Gasteiger partial charge in [-0.1, -0.05) is 231 Å². The van der Waals surface area contributed by atoms with Crippen LogP contribution < -0.4 is 0 Å². The molecular weight excluding hydrogens is 829 g/mol. The van der Waals surface area contributed by atoms with Gasteiger partial charge in [-0.2, -0.15) is 0 Å². The van der Waals surface area contributed by atoms with Crippen molar-refractivity contribution < 1.29 is 28.6 Å². The lowest BCUT2D eigenvalue weighted by molar-refractivity contribution is -0.166. The van der Waals surface area contributed by atoms with Crippen molar-refractivity contribution in [3.63, 3.8) is 0 Å². The predicted molar refractivity (Wildman–Crippen MR) is 288 cm³/mol. The number of allylic oxidation sites excluding steroid dienone is 22. The summed E-state index contributed by atoms with van der Waals surface area (Å²) in [5.41, 5.74) is 0. The minimum absolute atomic E-state index is 0.128. The molecule has 67 heavy (non-hydrogen) atoms. The van der Waals surface area contributed by atoms with Crippen LogP contribution in [0.2, 0.25) is 0 Å². The average molecular weight is 925 g/mol. The third-order valence-corrected chi connectivity index (χ3v) is 10.8. The Morgan fingerprint density at radius 2 is 0.687 bits per heavy atom. The van der Waals surface area contributed by atoms with Crippen LogP contribution in [-0.2, 0) is 28.6 Å². The van der Waals surface area contributed by atoms with E-state index in [1.165, 1.54) is 51.4 Å². The molecule has 0 bridgehead atoms. The number of carbonyl (C=O) groups excluding carboxylic acids is 3. The second-order valence-electron chi connectivity index (χ2n) is 17.1. The normalized spacial score (nSPS) is 13.2. The van der Waals surface area contributed by atoms with Gasteiger partial charge in [0, 0.05) is 19.3 Å². The highest BCUT2D eigenvalue weighted by molar-refractivity contribution is 5.71. The first-order valence-corrected chi connectivity index (χ1v) is 26.8. The summed E-state index contributed by atoms with van der Waals surface area (Å²) in [6.45, 7) is 6.27. The molecule has 0 N–H and O–H groups in total. The largest absolute Gasteiger partial charge is 0.462 e. The molecule has 6 nitrogen and oxygen atoms in total. The van der Waals surface area contributed by atoms with E-state index in [1.807, 2.05) is 36.5 Å². The molecule has 0 saturated heterocycles. The summed E-state index contributed by atoms with van der Waals surface area (Å²) in [5.74, 6) is -1.06. The number of hydrogen-bond donors (Lipinski definition) is 0. The van der Waals surface area contributed by atoms with Crippen LogP contribution in [-0.4, -0.2) is 37.2 Å². The Labute approximate surface area is 411 Å². The maximum Gasteiger partial charge on any atom is 0.306 e. The molecule has 0 aliphatic heterocycles. The minimum Gasteiger partial charge on any atom is -0.462 e. The monoisotopic (exact) mass is 925 g/mol. The fourth-order valence-electron chi connectivity index (χ4n) is 6.79. The lowest BCUT2D eigenvalue weighted by Crippen LogP contribution is -2.30. The van der Waals surface area contributed by atoms with E-state index in [2.05, 4.69) is 118 Å². The van der Waals surface area contributed by atoms with Gasteiger partial charge in [0.1, 0.15) is 13.2 Å². The maximum absolute atomic E-state index is 12.8. The molecule has 0 aromatic heterocycles. The highest BCUT2D eigenvalue weighted by Gasteiger charge is 2.19. The van der Waals surface area contributed by atoms with Crippen molar-refractivity contribution in [3.05, 3.63) is 134 Å². The molecular formula is C61H96O6. The minimum atomic E-state index is -0.839. The number of carbonyl (C=O) groups is 3. The van der Waals surface area contributed by atoms with Crippen LogP contribution in [0.1, 0.15) is 213 Å². The average Bonchev–Trinajstić information content (AvgIpc) is 3.33. The van der Waals surface area contributed by atoms with Crippen molar-refractivity contribution >= 4 is 17.9 Å². The molecule has 1 atom stereocenters. The lowest BCUT2D eigenvalue weighted by Gasteiger charge is -2.18. The number of ether oxygens (including phenoxy) is 3. The van der Waals surface area contributed by atoms with Crippen LogP contribution >= 0.6 is 0 Å². The van der Waals surface area contributed by atoms with Crippen molar-refractivity contribution in [2.75, 3.05) is 13.2 Å². The molecule has 0 aliphatic carbocycles. The summed E-state index contributed by atoms with van der Waals surface area (Å²) in [4.78, 5) is 38.0. The SMILES string of the molecule is CC\C=C/C=C\C=C/C=C\CCCCCCCC(=O)OCC(COC(=O)CCCCCCC/C=C\C=C/CCCCCCCCC)OC(=O)CC/C=C\C/C=C\C/C=C\C/C=C\C/C=C\CC. The van der Waals surface area contributed by atoms with Gasteiger partial charge in [0.2, 0.25) is 0 Å². The smallest absolute Gasteiger partial charge is 0.306 e. The van der Waals surface area contributed by atoms with E-state index in [0.717, 1.165) is 116 Å². The highest BCUT2D eigenvalue weighted by Crippen LogP contribution is 2.12. The molecule has 0 rings (SSSR count). The van der Waals surface area contributed by atoms with Crippen molar-refractivity contribution in [3.8, 4) is 0 Å². The molecule has 0 amide bonds. The summed E-state index contributed by atoms with van der Waals surface area (Å²) in [5, 5.41) is 0. The second kappa shape index (κ2) is 54.2. The van der Waals surface area contributed by atoms with Gasteiger partial charge < -0.3 is 14.2 Å². The third-order valence-electron chi connectivity index (χ3n) is 10.8. The molecule has 6 heteroatoms. The van der Waals surface area contributed by atoms with Crippen LogP contribution in [0.5, 0.6) is 0 Å². The van der Waals surface area contributed by atoms with Crippen molar-refractivity contribution in [1.29, 1.82) is 0 Å². The van der Waals surface area contributed by atoms with E-state index in [1.54, 1.807) is 0 Å². The van der Waals surface area contributed by atoms with Crippen LogP contribution in [0.15, 0.2) is 134 Å². The van der Waals surface area contributed by atoms with E-state index >= 15 is 0 Å². The molecule has 1 unspecified atom stereocenters. The fraction of sp³-hybridized carbons (Fsp3) is 0.590. The first-order valence-electron chi connectivity index (χ1n) is 26.8. The zero-order valence-corrected chi connectivity index (χ0v) is 42.9. The molecule has 0 radical (unpaired) electrons. The molecule has 0 aromatic carbocycles. The molecule has 0 heterocycles. The van der Waals surface area contributed by atoms with E-state index in [-0.39, 0.29) is 31.6 Å². The summed E-state index contributed by atoms with van der Waals surface area (Å²) in [6.07, 6.45) is 75.9. The number of esters is 3. The number of hydrogen-bond acceptors (Lipinski definition) is 6. The molecule has 0 spiro atoms. The van der Waals surface area contributed by atoms with Gasteiger partial charge in [0.15, 0.2) is 6.10 Å². The van der Waals surface area contributed by atoms with E-state index < -0.39 is 12.1 Å². The Bertz CT molecular complexity index is 1480. The van der Waals surface area contributed by atoms with Crippen molar-refractivity contribution in [2.24, 2.45) is 0 Å². The van der Waals surface area contributed by atoms with E-state index in [4.69, 9.17) is 14.2 Å². The van der Waals surface area contributed by atoms with Gasteiger partial charge in [0.05, 0.1) is 0 Å². The molecule has 0 aromatic rings. The zero-order valence-electron chi connectivity index (χ0n) is 42.9. The van der Waals surface area contributed by atoms with Gasteiger partial charge in [-0.3, -0.25) is 14.4 Å². The number of unbranched alkanes of at least 4 members (excludes halogenated alkanes) is 17. The Balaban J connectivity index is 4.58. The highest BCUT2D eigenvalue weighted by atomic mass is 16.6. The van der Waals surface area contributed by atoms with Gasteiger partial charge in [-0.25, -0.2) is 0 Å². The van der Waals surface area contributed by atoms with Crippen LogP contribution in [0, 0.1) is 0 Å². The summed E-state index contributed by atoms with van der Waals surface area (Å²) >= 11 is 0.